The van der Waals surface area contributed by atoms with Crippen LogP contribution in [0.2, 0.25) is 0 Å². The minimum absolute atomic E-state index is 0.0757. The van der Waals surface area contributed by atoms with E-state index in [1.165, 1.54) is 11.3 Å². The number of likely N-dealkylation sites (tertiary alicyclic amines) is 1. The first-order valence-corrected chi connectivity index (χ1v) is 10.8. The van der Waals surface area contributed by atoms with Crippen molar-refractivity contribution in [2.24, 2.45) is 5.41 Å². The van der Waals surface area contributed by atoms with Gasteiger partial charge < -0.3 is 14.2 Å². The van der Waals surface area contributed by atoms with Crippen molar-refractivity contribution in [3.05, 3.63) is 41.9 Å². The van der Waals surface area contributed by atoms with Gasteiger partial charge in [0, 0.05) is 31.7 Å². The standard InChI is InChI=1S/C23H26N4O4/c1-3-26-20(28)17-12-23(13-27(17)22(26)30)7-9-25(10-8-23)21(29)18-19(31-14-24-18)16-6-4-5-15(2)11-16/h4-6,11,14,17H,3,7-10,12-13H2,1-2H3. The number of nitrogens with zero attached hydrogens (tertiary/aromatic N) is 4. The van der Waals surface area contributed by atoms with Gasteiger partial charge in [-0.15, -0.1) is 0 Å². The van der Waals surface area contributed by atoms with E-state index < -0.39 is 0 Å². The molecule has 3 aliphatic rings. The third-order valence-corrected chi connectivity index (χ3v) is 7.01. The molecule has 1 aromatic heterocycles. The first-order chi connectivity index (χ1) is 14.9. The van der Waals surface area contributed by atoms with Crippen LogP contribution in [0.15, 0.2) is 35.1 Å². The summed E-state index contributed by atoms with van der Waals surface area (Å²) in [6.07, 6.45) is 3.55. The molecule has 0 N–H and O–H groups in total. The second kappa shape index (κ2) is 7.21. The lowest BCUT2D eigenvalue weighted by Crippen LogP contribution is -2.46. The SMILES string of the molecule is CCN1C(=O)C2CC3(CCN(C(=O)c4ncoc4-c4cccc(C)c4)CC3)CN2C1=O. The second-order valence-electron chi connectivity index (χ2n) is 8.90. The number of rotatable bonds is 3. The quantitative estimate of drug-likeness (QED) is 0.710. The van der Waals surface area contributed by atoms with E-state index in [2.05, 4.69) is 4.98 Å². The highest BCUT2D eigenvalue weighted by Gasteiger charge is 2.56. The fourth-order valence-electron chi connectivity index (χ4n) is 5.28. The molecule has 2 aromatic rings. The van der Waals surface area contributed by atoms with Crippen molar-refractivity contribution in [3.63, 3.8) is 0 Å². The minimum atomic E-state index is -0.335. The Kier molecular flexibility index (Phi) is 4.60. The van der Waals surface area contributed by atoms with Crippen LogP contribution in [0.25, 0.3) is 11.3 Å². The van der Waals surface area contributed by atoms with Gasteiger partial charge in [0.1, 0.15) is 6.04 Å². The molecule has 3 saturated heterocycles. The Labute approximate surface area is 180 Å². The Bertz CT molecular complexity index is 1030. The van der Waals surface area contributed by atoms with Crippen molar-refractivity contribution in [1.82, 2.24) is 19.7 Å². The zero-order chi connectivity index (χ0) is 21.8. The molecule has 0 radical (unpaired) electrons. The van der Waals surface area contributed by atoms with Crippen molar-refractivity contribution in [2.45, 2.75) is 39.2 Å². The summed E-state index contributed by atoms with van der Waals surface area (Å²) in [5.41, 5.74) is 2.16. The van der Waals surface area contributed by atoms with E-state index in [0.29, 0.717) is 44.1 Å². The van der Waals surface area contributed by atoms with Gasteiger partial charge in [-0.25, -0.2) is 9.78 Å². The van der Waals surface area contributed by atoms with Crippen molar-refractivity contribution in [2.75, 3.05) is 26.2 Å². The average Bonchev–Trinajstić information content (AvgIpc) is 3.44. The summed E-state index contributed by atoms with van der Waals surface area (Å²) in [5, 5.41) is 0. The zero-order valence-electron chi connectivity index (χ0n) is 17.8. The molecule has 5 rings (SSSR count). The van der Waals surface area contributed by atoms with Crippen LogP contribution in [0.3, 0.4) is 0 Å². The van der Waals surface area contributed by atoms with Gasteiger partial charge in [-0.3, -0.25) is 14.5 Å². The topological polar surface area (TPSA) is 87.0 Å². The minimum Gasteiger partial charge on any atom is -0.443 e. The molecule has 1 aromatic carbocycles. The van der Waals surface area contributed by atoms with Crippen molar-refractivity contribution < 1.29 is 18.8 Å². The Hall–Kier alpha value is -3.16. The lowest BCUT2D eigenvalue weighted by atomic mass is 9.76. The van der Waals surface area contributed by atoms with Gasteiger partial charge in [0.05, 0.1) is 0 Å². The van der Waals surface area contributed by atoms with E-state index in [4.69, 9.17) is 4.42 Å². The van der Waals surface area contributed by atoms with Crippen LogP contribution in [-0.4, -0.2) is 69.8 Å². The third-order valence-electron chi connectivity index (χ3n) is 7.01. The van der Waals surface area contributed by atoms with E-state index in [1.807, 2.05) is 43.0 Å². The Morgan fingerprint density at radius 2 is 2.03 bits per heavy atom. The molecule has 4 heterocycles. The number of oxazole rings is 1. The summed E-state index contributed by atoms with van der Waals surface area (Å²) in [6, 6.07) is 7.31. The van der Waals surface area contributed by atoms with E-state index in [1.54, 1.807) is 4.90 Å². The Balaban J connectivity index is 1.28. The number of benzene rings is 1. The van der Waals surface area contributed by atoms with Crippen molar-refractivity contribution >= 4 is 17.8 Å². The number of carbonyl (C=O) groups is 3. The summed E-state index contributed by atoms with van der Waals surface area (Å²) in [5.74, 6) is 0.280. The lowest BCUT2D eigenvalue weighted by Gasteiger charge is -2.39. The average molecular weight is 422 g/mol. The first-order valence-electron chi connectivity index (χ1n) is 10.8. The fraction of sp³-hybridized carbons (Fsp3) is 0.478. The van der Waals surface area contributed by atoms with Gasteiger partial charge in [-0.05, 0) is 44.6 Å². The van der Waals surface area contributed by atoms with Crippen LogP contribution in [0.4, 0.5) is 4.79 Å². The number of carbonyl (C=O) groups excluding carboxylic acids is 3. The van der Waals surface area contributed by atoms with Crippen LogP contribution in [-0.2, 0) is 4.79 Å². The number of amides is 4. The van der Waals surface area contributed by atoms with E-state index >= 15 is 0 Å². The number of piperidine rings is 1. The van der Waals surface area contributed by atoms with Gasteiger partial charge in [-0.2, -0.15) is 0 Å². The molecule has 0 bridgehead atoms. The molecule has 8 heteroatoms. The summed E-state index contributed by atoms with van der Waals surface area (Å²) < 4.78 is 5.56. The number of likely N-dealkylation sites (N-methyl/N-ethyl adjacent to an activating group) is 1. The molecule has 3 fully saturated rings. The predicted molar refractivity (Wildman–Crippen MR) is 112 cm³/mol. The molecule has 3 aliphatic heterocycles. The molecule has 31 heavy (non-hydrogen) atoms. The van der Waals surface area contributed by atoms with E-state index in [0.717, 1.165) is 24.0 Å². The summed E-state index contributed by atoms with van der Waals surface area (Å²) in [6.45, 7) is 6.00. The van der Waals surface area contributed by atoms with Crippen molar-refractivity contribution in [3.8, 4) is 11.3 Å². The maximum absolute atomic E-state index is 13.2. The number of aromatic nitrogens is 1. The zero-order valence-corrected chi connectivity index (χ0v) is 17.8. The number of aryl methyl sites for hydroxylation is 1. The van der Waals surface area contributed by atoms with Crippen LogP contribution >= 0.6 is 0 Å². The number of fused-ring (bicyclic) bond motifs is 1. The number of imide groups is 1. The molecular formula is C23H26N4O4. The van der Waals surface area contributed by atoms with E-state index in [9.17, 15) is 14.4 Å². The van der Waals surface area contributed by atoms with Gasteiger partial charge in [0.15, 0.2) is 17.8 Å². The number of hydrogen-bond acceptors (Lipinski definition) is 5. The van der Waals surface area contributed by atoms with Crippen LogP contribution < -0.4 is 0 Å². The highest BCUT2D eigenvalue weighted by molar-refractivity contribution is 6.04. The van der Waals surface area contributed by atoms with Crippen LogP contribution in [0, 0.1) is 12.3 Å². The van der Waals surface area contributed by atoms with Gasteiger partial charge in [0.2, 0.25) is 0 Å². The summed E-state index contributed by atoms with van der Waals surface area (Å²) in [4.78, 5) is 47.4. The fourth-order valence-corrected chi connectivity index (χ4v) is 5.28. The monoisotopic (exact) mass is 422 g/mol. The molecule has 1 spiro atoms. The first kappa shape index (κ1) is 19.8. The second-order valence-corrected chi connectivity index (χ2v) is 8.90. The molecule has 162 valence electrons. The highest BCUT2D eigenvalue weighted by atomic mass is 16.3. The largest absolute Gasteiger partial charge is 0.443 e. The van der Waals surface area contributed by atoms with Crippen molar-refractivity contribution in [1.29, 1.82) is 0 Å². The normalized spacial score (nSPS) is 22.5. The molecule has 1 unspecified atom stereocenters. The van der Waals surface area contributed by atoms with Gasteiger partial charge in [0.25, 0.3) is 11.8 Å². The number of hydrogen-bond donors (Lipinski definition) is 0. The van der Waals surface area contributed by atoms with E-state index in [-0.39, 0.29) is 29.3 Å². The maximum Gasteiger partial charge on any atom is 0.327 e. The highest BCUT2D eigenvalue weighted by Crippen LogP contribution is 2.46. The molecule has 0 saturated carbocycles. The molecular weight excluding hydrogens is 396 g/mol. The Morgan fingerprint density at radius 1 is 1.26 bits per heavy atom. The molecule has 4 amide bonds. The maximum atomic E-state index is 13.2. The lowest BCUT2D eigenvalue weighted by molar-refractivity contribution is -0.128. The van der Waals surface area contributed by atoms with Crippen LogP contribution in [0.1, 0.15) is 42.2 Å². The third kappa shape index (κ3) is 3.12. The molecule has 0 aliphatic carbocycles. The summed E-state index contributed by atoms with van der Waals surface area (Å²) >= 11 is 0. The van der Waals surface area contributed by atoms with Gasteiger partial charge in [-0.1, -0.05) is 23.8 Å². The smallest absolute Gasteiger partial charge is 0.327 e. The molecule has 1 atom stereocenters. The molecule has 8 nitrogen and oxygen atoms in total. The van der Waals surface area contributed by atoms with Crippen LogP contribution in [0.5, 0.6) is 0 Å². The van der Waals surface area contributed by atoms with Gasteiger partial charge >= 0.3 is 6.03 Å². The summed E-state index contributed by atoms with van der Waals surface area (Å²) in [7, 11) is 0. The predicted octanol–water partition coefficient (Wildman–Crippen LogP) is 2.93. The Morgan fingerprint density at radius 3 is 2.71 bits per heavy atom. The number of urea groups is 1.